The lowest BCUT2D eigenvalue weighted by Gasteiger charge is -2.17. The second-order valence-electron chi connectivity index (χ2n) is 3.63. The van der Waals surface area contributed by atoms with E-state index in [0.29, 0.717) is 6.42 Å². The van der Waals surface area contributed by atoms with Crippen LogP contribution in [-0.2, 0) is 9.59 Å². The van der Waals surface area contributed by atoms with Crippen LogP contribution < -0.4 is 5.32 Å². The van der Waals surface area contributed by atoms with Gasteiger partial charge < -0.3 is 10.4 Å². The van der Waals surface area contributed by atoms with E-state index in [1.54, 1.807) is 13.0 Å². The van der Waals surface area contributed by atoms with Gasteiger partial charge in [-0.1, -0.05) is 35.0 Å². The minimum Gasteiger partial charge on any atom is -0.481 e. The first-order valence-electron chi connectivity index (χ1n) is 5.29. The molecule has 0 aliphatic heterocycles. The average molecular weight is 300 g/mol. The minimum atomic E-state index is -0.939. The van der Waals surface area contributed by atoms with E-state index in [9.17, 15) is 9.59 Å². The van der Waals surface area contributed by atoms with Crippen molar-refractivity contribution >= 4 is 27.8 Å². The van der Waals surface area contributed by atoms with Gasteiger partial charge in [-0.2, -0.15) is 0 Å². The predicted molar refractivity (Wildman–Crippen MR) is 67.6 cm³/mol. The molecule has 0 aromatic heterocycles. The zero-order valence-corrected chi connectivity index (χ0v) is 11.0. The van der Waals surface area contributed by atoms with Gasteiger partial charge in [0.25, 0.3) is 0 Å². The summed E-state index contributed by atoms with van der Waals surface area (Å²) in [6.45, 7) is 1.73. The Kier molecular flexibility index (Phi) is 5.15. The largest absolute Gasteiger partial charge is 0.481 e. The first kappa shape index (κ1) is 13.7. The van der Waals surface area contributed by atoms with Crippen molar-refractivity contribution in [1.29, 1.82) is 0 Å². The number of carbonyl (C=O) groups is 2. The van der Waals surface area contributed by atoms with Crippen LogP contribution in [0.25, 0.3) is 0 Å². The number of amides is 1. The van der Waals surface area contributed by atoms with Crippen LogP contribution >= 0.6 is 15.9 Å². The number of rotatable bonds is 5. The number of nitrogens with one attached hydrogen (secondary N) is 1. The molecular weight excluding hydrogens is 286 g/mol. The van der Waals surface area contributed by atoms with Crippen molar-refractivity contribution in [3.05, 3.63) is 34.3 Å². The molecular formula is C12H14BrNO3. The Morgan fingerprint density at radius 3 is 2.71 bits per heavy atom. The van der Waals surface area contributed by atoms with Gasteiger partial charge in [-0.15, -0.1) is 0 Å². The molecule has 5 heteroatoms. The second-order valence-corrected chi connectivity index (χ2v) is 4.54. The smallest absolute Gasteiger partial charge is 0.305 e. The van der Waals surface area contributed by atoms with Gasteiger partial charge in [-0.25, -0.2) is 0 Å². The molecule has 1 aromatic carbocycles. The summed E-state index contributed by atoms with van der Waals surface area (Å²) in [5, 5.41) is 11.5. The van der Waals surface area contributed by atoms with E-state index in [-0.39, 0.29) is 12.3 Å². The maximum absolute atomic E-state index is 11.3. The average Bonchev–Trinajstić information content (AvgIpc) is 2.27. The maximum Gasteiger partial charge on any atom is 0.305 e. The topological polar surface area (TPSA) is 66.4 Å². The third-order valence-corrected chi connectivity index (χ3v) is 2.78. The van der Waals surface area contributed by atoms with Gasteiger partial charge >= 0.3 is 5.97 Å². The summed E-state index contributed by atoms with van der Waals surface area (Å²) in [7, 11) is 0. The molecule has 0 bridgehead atoms. The fraction of sp³-hybridized carbons (Fsp3) is 0.333. The van der Waals surface area contributed by atoms with Crippen molar-refractivity contribution in [2.45, 2.75) is 25.8 Å². The zero-order chi connectivity index (χ0) is 12.8. The van der Waals surface area contributed by atoms with Crippen LogP contribution in [0, 0.1) is 0 Å². The van der Waals surface area contributed by atoms with E-state index < -0.39 is 12.0 Å². The van der Waals surface area contributed by atoms with Crippen LogP contribution in [0.5, 0.6) is 0 Å². The van der Waals surface area contributed by atoms with Crippen LogP contribution in [0.1, 0.15) is 31.4 Å². The molecule has 0 fully saturated rings. The van der Waals surface area contributed by atoms with E-state index in [1.807, 2.05) is 18.2 Å². The van der Waals surface area contributed by atoms with Crippen molar-refractivity contribution in [2.75, 3.05) is 0 Å². The lowest BCUT2D eigenvalue weighted by atomic mass is 10.0. The number of carboxylic acids is 1. The number of hydrogen-bond acceptors (Lipinski definition) is 2. The van der Waals surface area contributed by atoms with Crippen molar-refractivity contribution in [3.8, 4) is 0 Å². The predicted octanol–water partition coefficient (Wildman–Crippen LogP) is 2.49. The lowest BCUT2D eigenvalue weighted by Crippen LogP contribution is -2.29. The molecule has 0 radical (unpaired) electrons. The van der Waals surface area contributed by atoms with E-state index in [2.05, 4.69) is 21.2 Å². The van der Waals surface area contributed by atoms with E-state index in [0.717, 1.165) is 10.0 Å². The molecule has 1 aromatic rings. The summed E-state index contributed by atoms with van der Waals surface area (Å²) in [4.78, 5) is 22.1. The fourth-order valence-corrected chi connectivity index (χ4v) is 1.86. The molecule has 1 rings (SSSR count). The Morgan fingerprint density at radius 1 is 1.47 bits per heavy atom. The van der Waals surface area contributed by atoms with Crippen molar-refractivity contribution in [1.82, 2.24) is 5.32 Å². The first-order valence-corrected chi connectivity index (χ1v) is 6.09. The van der Waals surface area contributed by atoms with Gasteiger partial charge in [0.15, 0.2) is 0 Å². The van der Waals surface area contributed by atoms with Crippen LogP contribution in [0.15, 0.2) is 28.7 Å². The SMILES string of the molecule is CCC(=O)N[C@@H](CC(=O)O)c1cccc(Br)c1. The normalized spacial score (nSPS) is 11.9. The quantitative estimate of drug-likeness (QED) is 0.878. The number of hydrogen-bond donors (Lipinski definition) is 2. The van der Waals surface area contributed by atoms with Crippen LogP contribution in [0.2, 0.25) is 0 Å². The molecule has 17 heavy (non-hydrogen) atoms. The highest BCUT2D eigenvalue weighted by atomic mass is 79.9. The Bertz CT molecular complexity index is 420. The maximum atomic E-state index is 11.3. The molecule has 0 aliphatic carbocycles. The van der Waals surface area contributed by atoms with Gasteiger partial charge in [0.1, 0.15) is 0 Å². The third-order valence-electron chi connectivity index (χ3n) is 2.29. The highest BCUT2D eigenvalue weighted by Crippen LogP contribution is 2.21. The van der Waals surface area contributed by atoms with Gasteiger partial charge in [0, 0.05) is 10.9 Å². The van der Waals surface area contributed by atoms with Gasteiger partial charge in [0.2, 0.25) is 5.91 Å². The number of carbonyl (C=O) groups excluding carboxylic acids is 1. The number of carboxylic acid groups (broad SMARTS) is 1. The summed E-state index contributed by atoms with van der Waals surface area (Å²) in [6, 6.07) is 6.78. The molecule has 0 aliphatic rings. The minimum absolute atomic E-state index is 0.123. The second kappa shape index (κ2) is 6.39. The summed E-state index contributed by atoms with van der Waals surface area (Å²) in [5.41, 5.74) is 0.781. The van der Waals surface area contributed by atoms with Gasteiger partial charge in [0.05, 0.1) is 12.5 Å². The van der Waals surface area contributed by atoms with Crippen LogP contribution in [-0.4, -0.2) is 17.0 Å². The molecule has 0 saturated heterocycles. The van der Waals surface area contributed by atoms with Crippen LogP contribution in [0.4, 0.5) is 0 Å². The molecule has 1 atom stereocenters. The summed E-state index contributed by atoms with van der Waals surface area (Å²) in [5.74, 6) is -1.09. The molecule has 2 N–H and O–H groups in total. The van der Waals surface area contributed by atoms with E-state index >= 15 is 0 Å². The highest BCUT2D eigenvalue weighted by molar-refractivity contribution is 9.10. The number of aliphatic carboxylic acids is 1. The molecule has 0 heterocycles. The Hall–Kier alpha value is -1.36. The van der Waals surface area contributed by atoms with Crippen molar-refractivity contribution < 1.29 is 14.7 Å². The lowest BCUT2D eigenvalue weighted by molar-refractivity contribution is -0.137. The first-order chi connectivity index (χ1) is 8.02. The molecule has 0 spiro atoms. The standard InChI is InChI=1S/C12H14BrNO3/c1-2-11(15)14-10(7-12(16)17)8-4-3-5-9(13)6-8/h3-6,10H,2,7H2,1H3,(H,14,15)(H,16,17)/t10-/m0/s1. The molecule has 92 valence electrons. The van der Waals surface area contributed by atoms with Gasteiger partial charge in [-0.05, 0) is 17.7 Å². The fourth-order valence-electron chi connectivity index (χ4n) is 1.45. The summed E-state index contributed by atoms with van der Waals surface area (Å²) < 4.78 is 0.858. The molecule has 4 nitrogen and oxygen atoms in total. The summed E-state index contributed by atoms with van der Waals surface area (Å²) >= 11 is 3.32. The Balaban J connectivity index is 2.89. The monoisotopic (exact) mass is 299 g/mol. The molecule has 0 unspecified atom stereocenters. The summed E-state index contributed by atoms with van der Waals surface area (Å²) in [6.07, 6.45) is 0.215. The van der Waals surface area contributed by atoms with Crippen LogP contribution in [0.3, 0.4) is 0 Å². The molecule has 1 amide bonds. The Labute approximate surface area is 108 Å². The number of halogens is 1. The van der Waals surface area contributed by atoms with Gasteiger partial charge in [-0.3, -0.25) is 9.59 Å². The van der Waals surface area contributed by atoms with E-state index in [4.69, 9.17) is 5.11 Å². The Morgan fingerprint density at radius 2 is 2.18 bits per heavy atom. The number of benzene rings is 1. The highest BCUT2D eigenvalue weighted by Gasteiger charge is 2.17. The van der Waals surface area contributed by atoms with E-state index in [1.165, 1.54) is 0 Å². The zero-order valence-electron chi connectivity index (χ0n) is 9.44. The van der Waals surface area contributed by atoms with Crippen molar-refractivity contribution in [2.24, 2.45) is 0 Å². The molecule has 0 saturated carbocycles. The third kappa shape index (κ3) is 4.56. The van der Waals surface area contributed by atoms with Crippen molar-refractivity contribution in [3.63, 3.8) is 0 Å².